The molecule has 2 bridgehead atoms. The van der Waals surface area contributed by atoms with E-state index >= 15 is 0 Å². The smallest absolute Gasteiger partial charge is 0.312 e. The lowest BCUT2D eigenvalue weighted by Gasteiger charge is -2.25. The third-order valence-electron chi connectivity index (χ3n) is 3.16. The fourth-order valence-electron chi connectivity index (χ4n) is 2.46. The third kappa shape index (κ3) is 1.39. The van der Waals surface area contributed by atoms with Crippen LogP contribution in [0.1, 0.15) is 12.8 Å². The average molecular weight is 202 g/mol. The second-order valence-electron chi connectivity index (χ2n) is 3.75. The molecule has 0 radical (unpaired) electrons. The summed E-state index contributed by atoms with van der Waals surface area (Å²) in [6.07, 6.45) is 6.46. The number of hydrogen-bond donors (Lipinski definition) is 0. The Labute approximate surface area is 78.6 Å². The van der Waals surface area contributed by atoms with Crippen molar-refractivity contribution in [3.05, 3.63) is 12.2 Å². The molecule has 2 aliphatic rings. The Bertz CT molecular complexity index is 266. The van der Waals surface area contributed by atoms with Gasteiger partial charge in [0.2, 0.25) is 0 Å². The number of allylic oxidation sites excluding steroid dienone is 2. The van der Waals surface area contributed by atoms with Crippen LogP contribution in [0.2, 0.25) is 0 Å². The average Bonchev–Trinajstić information content (AvgIpc) is 2.77. The van der Waals surface area contributed by atoms with Crippen molar-refractivity contribution in [3.8, 4) is 0 Å². The molecule has 74 valence electrons. The zero-order valence-corrected chi connectivity index (χ0v) is 8.87. The quantitative estimate of drug-likeness (QED) is 0.520. The Balaban J connectivity index is 2.18. The molecule has 4 heteroatoms. The van der Waals surface area contributed by atoms with E-state index < -0.39 is 7.60 Å². The topological polar surface area (TPSA) is 35.5 Å². The highest BCUT2D eigenvalue weighted by Gasteiger charge is 2.47. The Hall–Kier alpha value is -0.110. The summed E-state index contributed by atoms with van der Waals surface area (Å²) < 4.78 is 22.1. The highest BCUT2D eigenvalue weighted by atomic mass is 31.2. The van der Waals surface area contributed by atoms with Crippen LogP contribution >= 0.6 is 7.60 Å². The van der Waals surface area contributed by atoms with E-state index in [2.05, 4.69) is 12.2 Å². The molecule has 0 aliphatic heterocycles. The minimum atomic E-state index is -2.82. The van der Waals surface area contributed by atoms with Crippen molar-refractivity contribution >= 4 is 7.60 Å². The Morgan fingerprint density at radius 2 is 1.92 bits per heavy atom. The summed E-state index contributed by atoms with van der Waals surface area (Å²) in [5, 5.41) is 0. The maximum absolute atomic E-state index is 12.1. The first-order valence-electron chi connectivity index (χ1n) is 4.59. The van der Waals surface area contributed by atoms with E-state index in [-0.39, 0.29) is 5.66 Å². The van der Waals surface area contributed by atoms with Gasteiger partial charge in [0.1, 0.15) is 0 Å². The van der Waals surface area contributed by atoms with E-state index in [1.165, 1.54) is 14.2 Å². The maximum atomic E-state index is 12.1. The summed E-state index contributed by atoms with van der Waals surface area (Å²) in [6.45, 7) is 0. The van der Waals surface area contributed by atoms with E-state index in [4.69, 9.17) is 9.05 Å². The minimum Gasteiger partial charge on any atom is -0.312 e. The first-order valence-corrected chi connectivity index (χ1v) is 6.20. The summed E-state index contributed by atoms with van der Waals surface area (Å²) in [4.78, 5) is 0. The molecule has 1 fully saturated rings. The zero-order valence-electron chi connectivity index (χ0n) is 7.97. The maximum Gasteiger partial charge on any atom is 0.333 e. The van der Waals surface area contributed by atoms with Gasteiger partial charge in [0.25, 0.3) is 0 Å². The molecule has 0 aromatic carbocycles. The monoisotopic (exact) mass is 202 g/mol. The molecule has 0 unspecified atom stereocenters. The molecular formula is C9H15O3P. The zero-order chi connectivity index (χ0) is 9.47. The number of rotatable bonds is 3. The molecule has 13 heavy (non-hydrogen) atoms. The molecule has 1 saturated carbocycles. The standard InChI is InChI=1S/C9H15O3P/c1-11-13(10,12-2)9-6-7-3-4-8(9)5-7/h3-4,7-9H,5-6H2,1-2H3/t7-,8+,9+/m0/s1. The molecule has 0 amide bonds. The Morgan fingerprint density at radius 3 is 2.31 bits per heavy atom. The molecule has 0 saturated heterocycles. The van der Waals surface area contributed by atoms with Crippen LogP contribution in [0.5, 0.6) is 0 Å². The first-order chi connectivity index (χ1) is 6.19. The van der Waals surface area contributed by atoms with Crippen molar-refractivity contribution in [2.75, 3.05) is 14.2 Å². The van der Waals surface area contributed by atoms with E-state index in [0.29, 0.717) is 11.8 Å². The molecule has 2 rings (SSSR count). The molecule has 0 spiro atoms. The van der Waals surface area contributed by atoms with Crippen LogP contribution in [0.15, 0.2) is 12.2 Å². The lowest BCUT2D eigenvalue weighted by Crippen LogP contribution is -2.16. The third-order valence-corrected chi connectivity index (χ3v) is 5.58. The van der Waals surface area contributed by atoms with Crippen molar-refractivity contribution in [1.29, 1.82) is 0 Å². The van der Waals surface area contributed by atoms with Crippen LogP contribution in [0.4, 0.5) is 0 Å². The van der Waals surface area contributed by atoms with Crippen molar-refractivity contribution in [1.82, 2.24) is 0 Å². The van der Waals surface area contributed by atoms with Crippen molar-refractivity contribution in [3.63, 3.8) is 0 Å². The van der Waals surface area contributed by atoms with Crippen LogP contribution in [0.3, 0.4) is 0 Å². The van der Waals surface area contributed by atoms with Crippen molar-refractivity contribution in [2.45, 2.75) is 18.5 Å². The summed E-state index contributed by atoms with van der Waals surface area (Å²) in [5.41, 5.74) is 0.0949. The first kappa shape index (κ1) is 9.45. The van der Waals surface area contributed by atoms with Gasteiger partial charge in [-0.15, -0.1) is 0 Å². The molecule has 0 N–H and O–H groups in total. The van der Waals surface area contributed by atoms with Gasteiger partial charge in [-0.2, -0.15) is 0 Å². The molecular weight excluding hydrogens is 187 g/mol. The van der Waals surface area contributed by atoms with E-state index in [1.807, 2.05) is 0 Å². The van der Waals surface area contributed by atoms with Gasteiger partial charge in [-0.25, -0.2) is 0 Å². The lowest BCUT2D eigenvalue weighted by molar-refractivity contribution is 0.260. The van der Waals surface area contributed by atoms with Crippen molar-refractivity contribution < 1.29 is 13.6 Å². The van der Waals surface area contributed by atoms with E-state index in [1.54, 1.807) is 0 Å². The van der Waals surface area contributed by atoms with Gasteiger partial charge in [0.05, 0.1) is 5.66 Å². The van der Waals surface area contributed by atoms with E-state index in [0.717, 1.165) is 12.8 Å². The van der Waals surface area contributed by atoms with Crippen molar-refractivity contribution in [2.24, 2.45) is 11.8 Å². The van der Waals surface area contributed by atoms with Crippen LogP contribution in [0, 0.1) is 11.8 Å². The van der Waals surface area contributed by atoms with Crippen LogP contribution < -0.4 is 0 Å². The SMILES string of the molecule is COP(=O)(OC)[C@@H]1C[C@H]2C=C[C@@H]1C2. The van der Waals surface area contributed by atoms with Crippen LogP contribution in [-0.2, 0) is 13.6 Å². The van der Waals surface area contributed by atoms with Crippen LogP contribution in [-0.4, -0.2) is 19.9 Å². The number of fused-ring (bicyclic) bond motifs is 2. The minimum absolute atomic E-state index is 0.0949. The van der Waals surface area contributed by atoms with E-state index in [9.17, 15) is 4.57 Å². The molecule has 3 atom stereocenters. The van der Waals surface area contributed by atoms with Gasteiger partial charge in [-0.1, -0.05) is 12.2 Å². The van der Waals surface area contributed by atoms with Gasteiger partial charge in [0.15, 0.2) is 0 Å². The summed E-state index contributed by atoms with van der Waals surface area (Å²) in [7, 11) is 0.122. The predicted molar refractivity (Wildman–Crippen MR) is 50.8 cm³/mol. The molecule has 0 aromatic heterocycles. The molecule has 0 aromatic rings. The lowest BCUT2D eigenvalue weighted by atomic mass is 10.1. The van der Waals surface area contributed by atoms with Gasteiger partial charge in [-0.3, -0.25) is 4.57 Å². The summed E-state index contributed by atoms with van der Waals surface area (Å²) >= 11 is 0. The fraction of sp³-hybridized carbons (Fsp3) is 0.778. The summed E-state index contributed by atoms with van der Waals surface area (Å²) in [6, 6.07) is 0. The second kappa shape index (κ2) is 3.23. The summed E-state index contributed by atoms with van der Waals surface area (Å²) in [5.74, 6) is 1.02. The van der Waals surface area contributed by atoms with Crippen LogP contribution in [0.25, 0.3) is 0 Å². The highest BCUT2D eigenvalue weighted by molar-refractivity contribution is 7.54. The Morgan fingerprint density at radius 1 is 1.23 bits per heavy atom. The number of hydrogen-bond acceptors (Lipinski definition) is 3. The second-order valence-corrected chi connectivity index (χ2v) is 6.23. The highest BCUT2D eigenvalue weighted by Crippen LogP contribution is 2.62. The van der Waals surface area contributed by atoms with Gasteiger partial charge in [-0.05, 0) is 24.7 Å². The fourth-order valence-corrected chi connectivity index (χ4v) is 4.37. The van der Waals surface area contributed by atoms with Gasteiger partial charge >= 0.3 is 7.60 Å². The normalized spacial score (nSPS) is 37.2. The molecule has 3 nitrogen and oxygen atoms in total. The van der Waals surface area contributed by atoms with Gasteiger partial charge in [0, 0.05) is 14.2 Å². The largest absolute Gasteiger partial charge is 0.333 e. The molecule has 2 aliphatic carbocycles. The predicted octanol–water partition coefficient (Wildman–Crippen LogP) is 2.44. The Kier molecular flexibility index (Phi) is 2.35. The van der Waals surface area contributed by atoms with Gasteiger partial charge < -0.3 is 9.05 Å². The molecule has 0 heterocycles.